The Morgan fingerprint density at radius 2 is 1.59 bits per heavy atom. The van der Waals surface area contributed by atoms with Crippen LogP contribution in [0.3, 0.4) is 0 Å². The SMILES string of the molecule is CCC/C=C/CCc1ccc(C(F)(F)F)cc1. The number of rotatable bonds is 5. The predicted molar refractivity (Wildman–Crippen MR) is 63.8 cm³/mol. The molecule has 17 heavy (non-hydrogen) atoms. The monoisotopic (exact) mass is 242 g/mol. The molecule has 94 valence electrons. The van der Waals surface area contributed by atoms with E-state index in [1.54, 1.807) is 12.1 Å². The molecule has 0 nitrogen and oxygen atoms in total. The van der Waals surface area contributed by atoms with Gasteiger partial charge in [-0.15, -0.1) is 0 Å². The van der Waals surface area contributed by atoms with E-state index in [2.05, 4.69) is 19.1 Å². The molecule has 0 unspecified atom stereocenters. The predicted octanol–water partition coefficient (Wildman–Crippen LogP) is 4.99. The molecule has 0 heterocycles. The molecule has 0 saturated carbocycles. The molecule has 1 aromatic rings. The van der Waals surface area contributed by atoms with Gasteiger partial charge in [0.15, 0.2) is 0 Å². The molecule has 0 N–H and O–H groups in total. The van der Waals surface area contributed by atoms with E-state index >= 15 is 0 Å². The summed E-state index contributed by atoms with van der Waals surface area (Å²) in [5, 5.41) is 0. The van der Waals surface area contributed by atoms with Gasteiger partial charge in [-0.2, -0.15) is 13.2 Å². The van der Waals surface area contributed by atoms with Crippen molar-refractivity contribution in [2.24, 2.45) is 0 Å². The Bertz CT molecular complexity index is 347. The fraction of sp³-hybridized carbons (Fsp3) is 0.429. The van der Waals surface area contributed by atoms with Crippen LogP contribution in [0.15, 0.2) is 36.4 Å². The van der Waals surface area contributed by atoms with Crippen molar-refractivity contribution in [1.29, 1.82) is 0 Å². The van der Waals surface area contributed by atoms with Gasteiger partial charge < -0.3 is 0 Å². The Balaban J connectivity index is 2.46. The molecule has 0 aliphatic rings. The van der Waals surface area contributed by atoms with Crippen LogP contribution in [0, 0.1) is 0 Å². The lowest BCUT2D eigenvalue weighted by molar-refractivity contribution is -0.137. The van der Waals surface area contributed by atoms with E-state index in [1.165, 1.54) is 0 Å². The number of allylic oxidation sites excluding steroid dienone is 2. The topological polar surface area (TPSA) is 0 Å². The zero-order valence-corrected chi connectivity index (χ0v) is 9.93. The van der Waals surface area contributed by atoms with Crippen LogP contribution in [-0.2, 0) is 12.6 Å². The first-order valence-corrected chi connectivity index (χ1v) is 5.85. The highest BCUT2D eigenvalue weighted by molar-refractivity contribution is 5.24. The maximum Gasteiger partial charge on any atom is 0.416 e. The quantitative estimate of drug-likeness (QED) is 0.638. The zero-order valence-electron chi connectivity index (χ0n) is 9.93. The second-order valence-corrected chi connectivity index (χ2v) is 3.99. The molecular formula is C14H17F3. The van der Waals surface area contributed by atoms with Crippen molar-refractivity contribution in [3.8, 4) is 0 Å². The molecule has 0 aliphatic carbocycles. The Hall–Kier alpha value is -1.25. The molecular weight excluding hydrogens is 225 g/mol. The minimum atomic E-state index is -4.24. The van der Waals surface area contributed by atoms with Crippen LogP contribution in [0.5, 0.6) is 0 Å². The van der Waals surface area contributed by atoms with Crippen LogP contribution >= 0.6 is 0 Å². The summed E-state index contributed by atoms with van der Waals surface area (Å²) >= 11 is 0. The number of hydrogen-bond donors (Lipinski definition) is 0. The summed E-state index contributed by atoms with van der Waals surface area (Å²) in [7, 11) is 0. The molecule has 0 aromatic heterocycles. The van der Waals surface area contributed by atoms with Crippen molar-refractivity contribution in [2.45, 2.75) is 38.8 Å². The molecule has 0 aliphatic heterocycles. The lowest BCUT2D eigenvalue weighted by Crippen LogP contribution is -2.04. The van der Waals surface area contributed by atoms with Crippen molar-refractivity contribution >= 4 is 0 Å². The van der Waals surface area contributed by atoms with Crippen LogP contribution in [0.25, 0.3) is 0 Å². The van der Waals surface area contributed by atoms with Gasteiger partial charge >= 0.3 is 6.18 Å². The van der Waals surface area contributed by atoms with Crippen molar-refractivity contribution in [3.05, 3.63) is 47.5 Å². The molecule has 3 heteroatoms. The summed E-state index contributed by atoms with van der Waals surface area (Å²) in [6.45, 7) is 2.11. The summed E-state index contributed by atoms with van der Waals surface area (Å²) in [6.07, 6.45) is 3.82. The molecule has 0 atom stereocenters. The van der Waals surface area contributed by atoms with Crippen LogP contribution in [0.1, 0.15) is 37.3 Å². The summed E-state index contributed by atoms with van der Waals surface area (Å²) in [6, 6.07) is 5.39. The summed E-state index contributed by atoms with van der Waals surface area (Å²) in [4.78, 5) is 0. The van der Waals surface area contributed by atoms with Gasteiger partial charge in [0.25, 0.3) is 0 Å². The first kappa shape index (κ1) is 13.8. The van der Waals surface area contributed by atoms with E-state index in [0.29, 0.717) is 0 Å². The number of aryl methyl sites for hydroxylation is 1. The highest BCUT2D eigenvalue weighted by Gasteiger charge is 2.29. The van der Waals surface area contributed by atoms with Crippen molar-refractivity contribution in [3.63, 3.8) is 0 Å². The molecule has 0 bridgehead atoms. The van der Waals surface area contributed by atoms with E-state index in [0.717, 1.165) is 43.4 Å². The lowest BCUT2D eigenvalue weighted by atomic mass is 10.1. The number of benzene rings is 1. The van der Waals surface area contributed by atoms with Gasteiger partial charge in [-0.3, -0.25) is 0 Å². The fourth-order valence-electron chi connectivity index (χ4n) is 1.51. The number of hydrogen-bond acceptors (Lipinski definition) is 0. The Morgan fingerprint density at radius 1 is 1.00 bits per heavy atom. The summed E-state index contributed by atoms with van der Waals surface area (Å²) in [5.74, 6) is 0. The Morgan fingerprint density at radius 3 is 2.12 bits per heavy atom. The lowest BCUT2D eigenvalue weighted by Gasteiger charge is -2.06. The maximum atomic E-state index is 12.3. The van der Waals surface area contributed by atoms with E-state index in [-0.39, 0.29) is 0 Å². The Kier molecular flexibility index (Phi) is 5.26. The van der Waals surface area contributed by atoms with Gasteiger partial charge in [0.1, 0.15) is 0 Å². The van der Waals surface area contributed by atoms with E-state index in [4.69, 9.17) is 0 Å². The summed E-state index contributed by atoms with van der Waals surface area (Å²) in [5.41, 5.74) is 0.363. The second-order valence-electron chi connectivity index (χ2n) is 3.99. The standard InChI is InChI=1S/C14H17F3/c1-2-3-4-5-6-7-12-8-10-13(11-9-12)14(15,16)17/h4-5,8-11H,2-3,6-7H2,1H3/b5-4+. The molecule has 0 spiro atoms. The maximum absolute atomic E-state index is 12.3. The molecule has 0 radical (unpaired) electrons. The number of halogens is 3. The number of unbranched alkanes of at least 4 members (excludes halogenated alkanes) is 1. The van der Waals surface area contributed by atoms with Gasteiger partial charge in [-0.05, 0) is 37.0 Å². The largest absolute Gasteiger partial charge is 0.416 e. The van der Waals surface area contributed by atoms with Crippen LogP contribution in [0.2, 0.25) is 0 Å². The van der Waals surface area contributed by atoms with E-state index in [1.807, 2.05) is 0 Å². The van der Waals surface area contributed by atoms with Gasteiger partial charge in [0.2, 0.25) is 0 Å². The molecule has 1 aromatic carbocycles. The first-order chi connectivity index (χ1) is 8.04. The van der Waals surface area contributed by atoms with Gasteiger partial charge in [0.05, 0.1) is 5.56 Å². The molecule has 0 saturated heterocycles. The zero-order chi connectivity index (χ0) is 12.7. The van der Waals surface area contributed by atoms with Crippen LogP contribution in [0.4, 0.5) is 13.2 Å². The normalized spacial score (nSPS) is 12.2. The third-order valence-electron chi connectivity index (χ3n) is 2.50. The van der Waals surface area contributed by atoms with Crippen molar-refractivity contribution < 1.29 is 13.2 Å². The number of alkyl halides is 3. The van der Waals surface area contributed by atoms with Crippen molar-refractivity contribution in [1.82, 2.24) is 0 Å². The van der Waals surface area contributed by atoms with E-state index < -0.39 is 11.7 Å². The Labute approximate surface area is 100 Å². The van der Waals surface area contributed by atoms with E-state index in [9.17, 15) is 13.2 Å². The van der Waals surface area contributed by atoms with Crippen molar-refractivity contribution in [2.75, 3.05) is 0 Å². The second kappa shape index (κ2) is 6.48. The molecule has 0 amide bonds. The molecule has 0 fully saturated rings. The fourth-order valence-corrected chi connectivity index (χ4v) is 1.51. The average molecular weight is 242 g/mol. The van der Waals surface area contributed by atoms with Gasteiger partial charge in [-0.25, -0.2) is 0 Å². The highest BCUT2D eigenvalue weighted by atomic mass is 19.4. The first-order valence-electron chi connectivity index (χ1n) is 5.85. The third kappa shape index (κ3) is 5.07. The summed E-state index contributed by atoms with van der Waals surface area (Å²) < 4.78 is 36.9. The minimum Gasteiger partial charge on any atom is -0.166 e. The van der Waals surface area contributed by atoms with Gasteiger partial charge in [0, 0.05) is 0 Å². The third-order valence-corrected chi connectivity index (χ3v) is 2.50. The average Bonchev–Trinajstić information content (AvgIpc) is 2.28. The smallest absolute Gasteiger partial charge is 0.166 e. The van der Waals surface area contributed by atoms with Crippen LogP contribution < -0.4 is 0 Å². The highest BCUT2D eigenvalue weighted by Crippen LogP contribution is 2.29. The molecule has 1 rings (SSSR count). The minimum absolute atomic E-state index is 0.581. The van der Waals surface area contributed by atoms with Gasteiger partial charge in [-0.1, -0.05) is 37.6 Å². The van der Waals surface area contributed by atoms with Crippen LogP contribution in [-0.4, -0.2) is 0 Å².